The highest BCUT2D eigenvalue weighted by Crippen LogP contribution is 2.28. The number of ether oxygens (including phenoxy) is 1. The maximum Gasteiger partial charge on any atom is 0.0471 e. The second-order valence-electron chi connectivity index (χ2n) is 4.45. The van der Waals surface area contributed by atoms with Crippen LogP contribution in [-0.2, 0) is 4.74 Å². The van der Waals surface area contributed by atoms with Gasteiger partial charge in [-0.05, 0) is 43.2 Å². The summed E-state index contributed by atoms with van der Waals surface area (Å²) < 4.78 is 5.38. The Labute approximate surface area is 92.2 Å². The Kier molecular flexibility index (Phi) is 5.90. The summed E-state index contributed by atoms with van der Waals surface area (Å²) in [5.41, 5.74) is 0.484. The monoisotopic (exact) mass is 217 g/mol. The van der Waals surface area contributed by atoms with Gasteiger partial charge in [-0.3, -0.25) is 0 Å². The molecule has 0 aromatic rings. The van der Waals surface area contributed by atoms with Crippen molar-refractivity contribution in [3.8, 4) is 0 Å². The van der Waals surface area contributed by atoms with Gasteiger partial charge >= 0.3 is 0 Å². The van der Waals surface area contributed by atoms with E-state index in [1.54, 1.807) is 0 Å². The van der Waals surface area contributed by atoms with E-state index >= 15 is 0 Å². The van der Waals surface area contributed by atoms with Gasteiger partial charge in [0, 0.05) is 19.8 Å². The first-order valence-electron chi connectivity index (χ1n) is 5.54. The Morgan fingerprint density at radius 2 is 2.07 bits per heavy atom. The van der Waals surface area contributed by atoms with Crippen LogP contribution in [-0.4, -0.2) is 38.3 Å². The molecule has 0 bridgehead atoms. The Bertz CT molecular complexity index is 146. The van der Waals surface area contributed by atoms with E-state index in [1.165, 1.54) is 25.0 Å². The minimum Gasteiger partial charge on any atom is -0.381 e. The molecule has 0 spiro atoms. The zero-order valence-corrected chi connectivity index (χ0v) is 10.3. The number of nitrogens with one attached hydrogen (secondary N) is 1. The molecule has 0 aromatic heterocycles. The molecule has 1 aliphatic rings. The summed E-state index contributed by atoms with van der Waals surface area (Å²) in [7, 11) is 0. The molecule has 0 atom stereocenters. The lowest BCUT2D eigenvalue weighted by atomic mass is 9.82. The highest BCUT2D eigenvalue weighted by Gasteiger charge is 2.26. The smallest absolute Gasteiger partial charge is 0.0471 e. The largest absolute Gasteiger partial charge is 0.381 e. The average molecular weight is 217 g/mol. The molecule has 3 heteroatoms. The number of hydrogen-bond donors (Lipinski definition) is 1. The van der Waals surface area contributed by atoms with Crippen LogP contribution in [0.2, 0.25) is 0 Å². The van der Waals surface area contributed by atoms with Crippen LogP contribution in [0.15, 0.2) is 0 Å². The van der Waals surface area contributed by atoms with Gasteiger partial charge in [0.1, 0.15) is 0 Å². The zero-order chi connectivity index (χ0) is 10.3. The molecule has 14 heavy (non-hydrogen) atoms. The summed E-state index contributed by atoms with van der Waals surface area (Å²) in [6.07, 6.45) is 5.87. The minimum atomic E-state index is 0.484. The van der Waals surface area contributed by atoms with Crippen LogP contribution in [0, 0.1) is 5.41 Å². The predicted octanol–water partition coefficient (Wildman–Crippen LogP) is 2.15. The van der Waals surface area contributed by atoms with Crippen molar-refractivity contribution >= 4 is 11.8 Å². The van der Waals surface area contributed by atoms with Crippen molar-refractivity contribution in [3.63, 3.8) is 0 Å². The Hall–Kier alpha value is 0.270. The van der Waals surface area contributed by atoms with Crippen molar-refractivity contribution in [2.45, 2.75) is 26.2 Å². The molecule has 1 saturated heterocycles. The summed E-state index contributed by atoms with van der Waals surface area (Å²) >= 11 is 1.93. The van der Waals surface area contributed by atoms with Crippen molar-refractivity contribution in [2.75, 3.05) is 38.3 Å². The second-order valence-corrected chi connectivity index (χ2v) is 5.43. The van der Waals surface area contributed by atoms with Gasteiger partial charge in [-0.1, -0.05) is 6.92 Å². The fraction of sp³-hybridized carbons (Fsp3) is 1.00. The van der Waals surface area contributed by atoms with Gasteiger partial charge in [-0.15, -0.1) is 0 Å². The SMILES string of the molecule is CSCCCNCC1(C)CCOCC1. The van der Waals surface area contributed by atoms with Gasteiger partial charge in [0.15, 0.2) is 0 Å². The highest BCUT2D eigenvalue weighted by atomic mass is 32.2. The summed E-state index contributed by atoms with van der Waals surface area (Å²) in [5, 5.41) is 3.56. The second kappa shape index (κ2) is 6.70. The molecule has 0 aliphatic carbocycles. The number of hydrogen-bond acceptors (Lipinski definition) is 3. The third kappa shape index (κ3) is 4.67. The van der Waals surface area contributed by atoms with Crippen LogP contribution in [0.25, 0.3) is 0 Å². The maximum atomic E-state index is 5.38. The Morgan fingerprint density at radius 3 is 2.71 bits per heavy atom. The summed E-state index contributed by atoms with van der Waals surface area (Å²) in [6, 6.07) is 0. The molecule has 84 valence electrons. The third-order valence-corrected chi connectivity index (χ3v) is 3.65. The van der Waals surface area contributed by atoms with E-state index in [0.717, 1.165) is 26.3 Å². The standard InChI is InChI=1S/C11H23NOS/c1-11(4-7-13-8-5-11)10-12-6-3-9-14-2/h12H,3-10H2,1-2H3. The summed E-state index contributed by atoms with van der Waals surface area (Å²) in [5.74, 6) is 1.27. The summed E-state index contributed by atoms with van der Waals surface area (Å²) in [6.45, 7) is 6.59. The lowest BCUT2D eigenvalue weighted by molar-refractivity contribution is 0.0242. The predicted molar refractivity (Wildman–Crippen MR) is 64.0 cm³/mol. The fourth-order valence-electron chi connectivity index (χ4n) is 1.77. The quantitative estimate of drug-likeness (QED) is 0.689. The molecule has 1 N–H and O–H groups in total. The normalized spacial score (nSPS) is 21.0. The van der Waals surface area contributed by atoms with Crippen molar-refractivity contribution in [1.29, 1.82) is 0 Å². The summed E-state index contributed by atoms with van der Waals surface area (Å²) in [4.78, 5) is 0. The maximum absolute atomic E-state index is 5.38. The topological polar surface area (TPSA) is 21.3 Å². The van der Waals surface area contributed by atoms with E-state index in [1.807, 2.05) is 11.8 Å². The molecular weight excluding hydrogens is 194 g/mol. The van der Waals surface area contributed by atoms with E-state index in [4.69, 9.17) is 4.74 Å². The van der Waals surface area contributed by atoms with E-state index in [0.29, 0.717) is 5.41 Å². The zero-order valence-electron chi connectivity index (χ0n) is 9.47. The Balaban J connectivity index is 2.03. The van der Waals surface area contributed by atoms with Gasteiger partial charge in [-0.2, -0.15) is 11.8 Å². The average Bonchev–Trinajstić information content (AvgIpc) is 2.18. The molecule has 1 fully saturated rings. The van der Waals surface area contributed by atoms with E-state index < -0.39 is 0 Å². The minimum absolute atomic E-state index is 0.484. The first-order valence-corrected chi connectivity index (χ1v) is 6.94. The van der Waals surface area contributed by atoms with Crippen LogP contribution in [0.1, 0.15) is 26.2 Å². The molecular formula is C11H23NOS. The van der Waals surface area contributed by atoms with Gasteiger partial charge < -0.3 is 10.1 Å². The molecule has 0 unspecified atom stereocenters. The third-order valence-electron chi connectivity index (χ3n) is 2.95. The van der Waals surface area contributed by atoms with Gasteiger partial charge in [0.05, 0.1) is 0 Å². The van der Waals surface area contributed by atoms with E-state index in [2.05, 4.69) is 18.5 Å². The van der Waals surface area contributed by atoms with Crippen LogP contribution in [0.5, 0.6) is 0 Å². The lowest BCUT2D eigenvalue weighted by Crippen LogP contribution is -2.37. The van der Waals surface area contributed by atoms with E-state index in [9.17, 15) is 0 Å². The lowest BCUT2D eigenvalue weighted by Gasteiger charge is -2.33. The molecule has 0 aromatic carbocycles. The first-order chi connectivity index (χ1) is 6.77. The fourth-order valence-corrected chi connectivity index (χ4v) is 2.21. The van der Waals surface area contributed by atoms with Crippen molar-refractivity contribution < 1.29 is 4.74 Å². The van der Waals surface area contributed by atoms with Gasteiger partial charge in [-0.25, -0.2) is 0 Å². The molecule has 1 aliphatic heterocycles. The van der Waals surface area contributed by atoms with E-state index in [-0.39, 0.29) is 0 Å². The van der Waals surface area contributed by atoms with Gasteiger partial charge in [0.25, 0.3) is 0 Å². The molecule has 0 saturated carbocycles. The van der Waals surface area contributed by atoms with Crippen LogP contribution < -0.4 is 5.32 Å². The Morgan fingerprint density at radius 1 is 1.36 bits per heavy atom. The highest BCUT2D eigenvalue weighted by molar-refractivity contribution is 7.98. The van der Waals surface area contributed by atoms with Crippen molar-refractivity contribution in [2.24, 2.45) is 5.41 Å². The van der Waals surface area contributed by atoms with Crippen molar-refractivity contribution in [3.05, 3.63) is 0 Å². The number of rotatable bonds is 6. The van der Waals surface area contributed by atoms with Crippen molar-refractivity contribution in [1.82, 2.24) is 5.32 Å². The molecule has 0 amide bonds. The molecule has 0 radical (unpaired) electrons. The number of thioether (sulfide) groups is 1. The van der Waals surface area contributed by atoms with Crippen LogP contribution in [0.3, 0.4) is 0 Å². The van der Waals surface area contributed by atoms with Crippen LogP contribution in [0.4, 0.5) is 0 Å². The first kappa shape index (κ1) is 12.3. The molecule has 1 heterocycles. The molecule has 2 nitrogen and oxygen atoms in total. The van der Waals surface area contributed by atoms with Gasteiger partial charge in [0.2, 0.25) is 0 Å². The van der Waals surface area contributed by atoms with Crippen LogP contribution >= 0.6 is 11.8 Å². The molecule has 1 rings (SSSR count).